The summed E-state index contributed by atoms with van der Waals surface area (Å²) >= 11 is 0. The van der Waals surface area contributed by atoms with Gasteiger partial charge in [0.05, 0.1) is 0 Å². The molecule has 1 aromatic carbocycles. The molecular formula is C15H26N2. The third-order valence-corrected chi connectivity index (χ3v) is 3.56. The van der Waals surface area contributed by atoms with Crippen molar-refractivity contribution in [3.63, 3.8) is 0 Å². The number of nitrogens with zero attached hydrogens (tertiary/aromatic N) is 1. The predicted molar refractivity (Wildman–Crippen MR) is 76.5 cm³/mol. The minimum absolute atomic E-state index is 0.290. The molecule has 96 valence electrons. The Balaban J connectivity index is 2.79. The molecule has 0 fully saturated rings. The van der Waals surface area contributed by atoms with Crippen molar-refractivity contribution in [3.8, 4) is 0 Å². The highest BCUT2D eigenvalue weighted by molar-refractivity contribution is 5.48. The van der Waals surface area contributed by atoms with Gasteiger partial charge in [0, 0.05) is 25.3 Å². The molecule has 0 bridgehead atoms. The molecule has 0 saturated carbocycles. The fourth-order valence-corrected chi connectivity index (χ4v) is 1.86. The van der Waals surface area contributed by atoms with Crippen LogP contribution in [-0.2, 0) is 6.54 Å². The molecule has 2 nitrogen and oxygen atoms in total. The minimum Gasteiger partial charge on any atom is -0.371 e. The molecule has 0 spiro atoms. The Labute approximate surface area is 106 Å². The van der Waals surface area contributed by atoms with Crippen molar-refractivity contribution < 1.29 is 0 Å². The standard InChI is InChI=1S/C15H26N2/c1-12(15(2,3)4)17(6)14-9-7-13(8-10-14)11-16-5/h7-10,12,16H,11H2,1-6H3. The summed E-state index contributed by atoms with van der Waals surface area (Å²) in [6.45, 7) is 10.1. The lowest BCUT2D eigenvalue weighted by molar-refractivity contribution is 0.330. The first-order valence-electron chi connectivity index (χ1n) is 6.32. The first-order chi connectivity index (χ1) is 7.86. The van der Waals surface area contributed by atoms with E-state index in [0.29, 0.717) is 11.5 Å². The summed E-state index contributed by atoms with van der Waals surface area (Å²) < 4.78 is 0. The molecule has 0 aromatic heterocycles. The smallest absolute Gasteiger partial charge is 0.0366 e. The fraction of sp³-hybridized carbons (Fsp3) is 0.600. The van der Waals surface area contributed by atoms with E-state index < -0.39 is 0 Å². The zero-order valence-corrected chi connectivity index (χ0v) is 12.0. The van der Waals surface area contributed by atoms with Crippen molar-refractivity contribution in [3.05, 3.63) is 29.8 Å². The summed E-state index contributed by atoms with van der Waals surface area (Å²) in [5.74, 6) is 0. The SMILES string of the molecule is CNCc1ccc(N(C)C(C)C(C)(C)C)cc1. The van der Waals surface area contributed by atoms with Crippen LogP contribution in [-0.4, -0.2) is 20.1 Å². The molecule has 0 saturated heterocycles. The monoisotopic (exact) mass is 234 g/mol. The van der Waals surface area contributed by atoms with Crippen molar-refractivity contribution >= 4 is 5.69 Å². The lowest BCUT2D eigenvalue weighted by Crippen LogP contribution is -2.39. The van der Waals surface area contributed by atoms with E-state index in [1.54, 1.807) is 0 Å². The van der Waals surface area contributed by atoms with Crippen LogP contribution in [0.1, 0.15) is 33.3 Å². The van der Waals surface area contributed by atoms with Gasteiger partial charge in [0.15, 0.2) is 0 Å². The van der Waals surface area contributed by atoms with Crippen LogP contribution in [0.2, 0.25) is 0 Å². The van der Waals surface area contributed by atoms with Gasteiger partial charge < -0.3 is 10.2 Å². The van der Waals surface area contributed by atoms with Gasteiger partial charge in [-0.2, -0.15) is 0 Å². The normalized spacial score (nSPS) is 13.5. The van der Waals surface area contributed by atoms with Crippen molar-refractivity contribution in [1.82, 2.24) is 5.32 Å². The minimum atomic E-state index is 0.290. The zero-order chi connectivity index (χ0) is 13.1. The fourth-order valence-electron chi connectivity index (χ4n) is 1.86. The van der Waals surface area contributed by atoms with Gasteiger partial charge in [-0.1, -0.05) is 32.9 Å². The lowest BCUT2D eigenvalue weighted by Gasteiger charge is -2.37. The number of benzene rings is 1. The summed E-state index contributed by atoms with van der Waals surface area (Å²) in [6, 6.07) is 9.30. The second-order valence-electron chi connectivity index (χ2n) is 5.85. The molecule has 1 rings (SSSR count). The van der Waals surface area contributed by atoms with E-state index in [1.807, 2.05) is 7.05 Å². The van der Waals surface area contributed by atoms with E-state index in [2.05, 4.69) is 69.2 Å². The van der Waals surface area contributed by atoms with Crippen LogP contribution in [0.25, 0.3) is 0 Å². The maximum Gasteiger partial charge on any atom is 0.0366 e. The van der Waals surface area contributed by atoms with Crippen LogP contribution in [0.15, 0.2) is 24.3 Å². The average Bonchev–Trinajstić information content (AvgIpc) is 2.27. The Hall–Kier alpha value is -1.02. The van der Waals surface area contributed by atoms with Gasteiger partial charge >= 0.3 is 0 Å². The zero-order valence-electron chi connectivity index (χ0n) is 12.0. The number of rotatable bonds is 4. The predicted octanol–water partition coefficient (Wildman–Crippen LogP) is 3.28. The summed E-state index contributed by atoms with van der Waals surface area (Å²) in [7, 11) is 4.14. The average molecular weight is 234 g/mol. The highest BCUT2D eigenvalue weighted by Crippen LogP contribution is 2.27. The largest absolute Gasteiger partial charge is 0.371 e. The van der Waals surface area contributed by atoms with Gasteiger partial charge in [0.25, 0.3) is 0 Å². The molecule has 1 N–H and O–H groups in total. The highest BCUT2D eigenvalue weighted by Gasteiger charge is 2.23. The van der Waals surface area contributed by atoms with Gasteiger partial charge in [-0.05, 0) is 37.1 Å². The molecule has 17 heavy (non-hydrogen) atoms. The van der Waals surface area contributed by atoms with Crippen molar-refractivity contribution in [2.75, 3.05) is 19.0 Å². The summed E-state index contributed by atoms with van der Waals surface area (Å²) in [4.78, 5) is 2.35. The van der Waals surface area contributed by atoms with Gasteiger partial charge in [-0.25, -0.2) is 0 Å². The van der Waals surface area contributed by atoms with Gasteiger partial charge in [0.2, 0.25) is 0 Å². The van der Waals surface area contributed by atoms with Crippen molar-refractivity contribution in [2.45, 2.75) is 40.3 Å². The third kappa shape index (κ3) is 3.74. The van der Waals surface area contributed by atoms with E-state index in [9.17, 15) is 0 Å². The molecule has 2 heteroatoms. The van der Waals surface area contributed by atoms with Crippen LogP contribution < -0.4 is 10.2 Å². The van der Waals surface area contributed by atoms with Crippen molar-refractivity contribution in [1.29, 1.82) is 0 Å². The Kier molecular flexibility index (Phi) is 4.58. The van der Waals surface area contributed by atoms with E-state index in [4.69, 9.17) is 0 Å². The highest BCUT2D eigenvalue weighted by atomic mass is 15.1. The summed E-state index contributed by atoms with van der Waals surface area (Å²) in [6.07, 6.45) is 0. The second kappa shape index (κ2) is 5.54. The summed E-state index contributed by atoms with van der Waals surface area (Å²) in [5, 5.41) is 3.17. The second-order valence-corrected chi connectivity index (χ2v) is 5.85. The van der Waals surface area contributed by atoms with Gasteiger partial charge in [0.1, 0.15) is 0 Å². The first-order valence-corrected chi connectivity index (χ1v) is 6.32. The molecular weight excluding hydrogens is 208 g/mol. The van der Waals surface area contributed by atoms with Gasteiger partial charge in [-0.3, -0.25) is 0 Å². The molecule has 0 heterocycles. The van der Waals surface area contributed by atoms with E-state index in [0.717, 1.165) is 6.54 Å². The van der Waals surface area contributed by atoms with Crippen LogP contribution in [0.4, 0.5) is 5.69 Å². The molecule has 0 amide bonds. The number of anilines is 1. The molecule has 0 aliphatic rings. The molecule has 0 aliphatic heterocycles. The Morgan fingerprint density at radius 1 is 1.18 bits per heavy atom. The first kappa shape index (κ1) is 14.0. The Morgan fingerprint density at radius 2 is 1.71 bits per heavy atom. The molecule has 1 aromatic rings. The Bertz CT molecular complexity index is 335. The lowest BCUT2D eigenvalue weighted by atomic mass is 9.87. The van der Waals surface area contributed by atoms with E-state index in [-0.39, 0.29) is 0 Å². The molecule has 1 unspecified atom stereocenters. The van der Waals surface area contributed by atoms with Crippen LogP contribution in [0, 0.1) is 5.41 Å². The number of hydrogen-bond donors (Lipinski definition) is 1. The molecule has 0 radical (unpaired) electrons. The maximum atomic E-state index is 3.17. The van der Waals surface area contributed by atoms with E-state index >= 15 is 0 Å². The third-order valence-electron chi connectivity index (χ3n) is 3.56. The Morgan fingerprint density at radius 3 is 2.12 bits per heavy atom. The molecule has 0 aliphatic carbocycles. The number of nitrogens with one attached hydrogen (secondary N) is 1. The van der Waals surface area contributed by atoms with Crippen LogP contribution in [0.5, 0.6) is 0 Å². The molecule has 1 atom stereocenters. The van der Waals surface area contributed by atoms with Crippen LogP contribution >= 0.6 is 0 Å². The summed E-state index contributed by atoms with van der Waals surface area (Å²) in [5.41, 5.74) is 2.90. The van der Waals surface area contributed by atoms with Crippen LogP contribution in [0.3, 0.4) is 0 Å². The van der Waals surface area contributed by atoms with E-state index in [1.165, 1.54) is 11.3 Å². The maximum absolute atomic E-state index is 3.17. The topological polar surface area (TPSA) is 15.3 Å². The van der Waals surface area contributed by atoms with Crippen molar-refractivity contribution in [2.24, 2.45) is 5.41 Å². The van der Waals surface area contributed by atoms with Gasteiger partial charge in [-0.15, -0.1) is 0 Å². The number of hydrogen-bond acceptors (Lipinski definition) is 2. The quantitative estimate of drug-likeness (QED) is 0.860.